The molecule has 0 saturated heterocycles. The number of amides is 1. The summed E-state index contributed by atoms with van der Waals surface area (Å²) in [6, 6.07) is 21.3. The number of carbonyl (C=O) groups excluding carboxylic acids is 1. The molecule has 0 aliphatic carbocycles. The van der Waals surface area contributed by atoms with Crippen molar-refractivity contribution in [2.45, 2.75) is 20.8 Å². The quantitative estimate of drug-likeness (QED) is 0.406. The van der Waals surface area contributed by atoms with Crippen LogP contribution in [0.15, 0.2) is 76.2 Å². The van der Waals surface area contributed by atoms with Crippen LogP contribution >= 0.6 is 0 Å². The minimum absolute atomic E-state index is 0.261. The summed E-state index contributed by atoms with van der Waals surface area (Å²) in [5.74, 6) is 0.373. The number of para-hydroxylation sites is 1. The molecule has 0 fully saturated rings. The van der Waals surface area contributed by atoms with Gasteiger partial charge in [0.1, 0.15) is 11.3 Å². The molecular formula is C23H21N3O2. The first kappa shape index (κ1) is 17.8. The predicted molar refractivity (Wildman–Crippen MR) is 111 cm³/mol. The number of aryl methyl sites for hydroxylation is 2. The van der Waals surface area contributed by atoms with E-state index in [4.69, 9.17) is 4.42 Å². The van der Waals surface area contributed by atoms with Gasteiger partial charge in [0.15, 0.2) is 5.76 Å². The Bertz CT molecular complexity index is 1130. The number of hydrogen-bond donors (Lipinski definition) is 1. The Morgan fingerprint density at radius 2 is 1.64 bits per heavy atom. The number of rotatable bonds is 4. The lowest BCUT2D eigenvalue weighted by Gasteiger charge is -2.10. The zero-order chi connectivity index (χ0) is 19.7. The SMILES string of the molecule is C/C(=N/NC(=O)c1ccc(-n2c(C)ccc2C)cc1)c1cc2ccccc2o1. The van der Waals surface area contributed by atoms with Crippen LogP contribution in [0.3, 0.4) is 0 Å². The molecule has 0 aliphatic heterocycles. The third-order valence-electron chi connectivity index (χ3n) is 4.77. The zero-order valence-electron chi connectivity index (χ0n) is 16.1. The number of benzene rings is 2. The first-order valence-corrected chi connectivity index (χ1v) is 9.12. The molecule has 140 valence electrons. The Hall–Kier alpha value is -3.60. The van der Waals surface area contributed by atoms with Gasteiger partial charge in [-0.3, -0.25) is 4.79 Å². The lowest BCUT2D eigenvalue weighted by Crippen LogP contribution is -2.19. The summed E-state index contributed by atoms with van der Waals surface area (Å²) < 4.78 is 7.91. The molecule has 5 heteroatoms. The molecule has 2 heterocycles. The number of aromatic nitrogens is 1. The first-order chi connectivity index (χ1) is 13.5. The van der Waals surface area contributed by atoms with Crippen LogP contribution in [0.5, 0.6) is 0 Å². The van der Waals surface area contributed by atoms with Crippen molar-refractivity contribution in [3.05, 3.63) is 89.4 Å². The third kappa shape index (κ3) is 3.34. The fraction of sp³-hybridized carbons (Fsp3) is 0.130. The second-order valence-corrected chi connectivity index (χ2v) is 6.78. The maximum Gasteiger partial charge on any atom is 0.271 e. The van der Waals surface area contributed by atoms with E-state index in [1.165, 1.54) is 0 Å². The van der Waals surface area contributed by atoms with Crippen molar-refractivity contribution >= 4 is 22.6 Å². The summed E-state index contributed by atoms with van der Waals surface area (Å²) in [5, 5.41) is 5.19. The zero-order valence-corrected chi connectivity index (χ0v) is 16.1. The van der Waals surface area contributed by atoms with Gasteiger partial charge in [-0.25, -0.2) is 5.43 Å². The molecule has 0 saturated carbocycles. The van der Waals surface area contributed by atoms with E-state index < -0.39 is 0 Å². The molecular weight excluding hydrogens is 350 g/mol. The summed E-state index contributed by atoms with van der Waals surface area (Å²) in [6.45, 7) is 5.92. The van der Waals surface area contributed by atoms with Crippen LogP contribution in [0.4, 0.5) is 0 Å². The number of carbonyl (C=O) groups is 1. The highest BCUT2D eigenvalue weighted by Crippen LogP contribution is 2.19. The van der Waals surface area contributed by atoms with Gasteiger partial charge in [0.25, 0.3) is 5.91 Å². The maximum atomic E-state index is 12.4. The maximum absolute atomic E-state index is 12.4. The number of nitrogens with one attached hydrogen (secondary N) is 1. The van der Waals surface area contributed by atoms with E-state index >= 15 is 0 Å². The molecule has 5 nitrogen and oxygen atoms in total. The van der Waals surface area contributed by atoms with Crippen molar-refractivity contribution in [2.75, 3.05) is 0 Å². The van der Waals surface area contributed by atoms with Crippen molar-refractivity contribution in [2.24, 2.45) is 5.10 Å². The standard InChI is InChI=1S/C23H21N3O2/c1-15-8-9-16(2)26(15)20-12-10-18(11-13-20)23(27)25-24-17(3)22-14-19-6-4-5-7-21(19)28-22/h4-14H,1-3H3,(H,25,27)/b24-17-. The highest BCUT2D eigenvalue weighted by atomic mass is 16.3. The summed E-state index contributed by atoms with van der Waals surface area (Å²) in [4.78, 5) is 12.4. The number of furan rings is 1. The Kier molecular flexibility index (Phi) is 4.57. The van der Waals surface area contributed by atoms with Crippen LogP contribution in [-0.4, -0.2) is 16.2 Å². The van der Waals surface area contributed by atoms with E-state index in [-0.39, 0.29) is 5.91 Å². The third-order valence-corrected chi connectivity index (χ3v) is 4.77. The van der Waals surface area contributed by atoms with Crippen LogP contribution in [0.25, 0.3) is 16.7 Å². The molecule has 0 unspecified atom stereocenters. The van der Waals surface area contributed by atoms with Crippen molar-refractivity contribution in [3.8, 4) is 5.69 Å². The Balaban J connectivity index is 1.49. The monoisotopic (exact) mass is 371 g/mol. The van der Waals surface area contributed by atoms with E-state index in [0.717, 1.165) is 28.0 Å². The Labute approximate surface area is 163 Å². The molecule has 1 amide bonds. The lowest BCUT2D eigenvalue weighted by atomic mass is 10.2. The van der Waals surface area contributed by atoms with Gasteiger partial charge in [-0.05, 0) is 69.3 Å². The molecule has 0 spiro atoms. The lowest BCUT2D eigenvalue weighted by molar-refractivity contribution is 0.0955. The average molecular weight is 371 g/mol. The summed E-state index contributed by atoms with van der Waals surface area (Å²) in [6.07, 6.45) is 0. The van der Waals surface area contributed by atoms with E-state index in [1.807, 2.05) is 42.5 Å². The summed E-state index contributed by atoms with van der Waals surface area (Å²) in [7, 11) is 0. The summed E-state index contributed by atoms with van der Waals surface area (Å²) in [5.41, 5.74) is 7.89. The van der Waals surface area contributed by atoms with E-state index in [9.17, 15) is 4.79 Å². The van der Waals surface area contributed by atoms with Gasteiger partial charge in [-0.2, -0.15) is 5.10 Å². The normalized spacial score (nSPS) is 11.8. The van der Waals surface area contributed by atoms with Gasteiger partial charge in [0, 0.05) is 28.0 Å². The van der Waals surface area contributed by atoms with Gasteiger partial charge >= 0.3 is 0 Å². The fourth-order valence-corrected chi connectivity index (χ4v) is 3.25. The van der Waals surface area contributed by atoms with Gasteiger partial charge in [-0.15, -0.1) is 0 Å². The van der Waals surface area contributed by atoms with Crippen LogP contribution in [-0.2, 0) is 0 Å². The van der Waals surface area contributed by atoms with E-state index in [1.54, 1.807) is 19.1 Å². The second kappa shape index (κ2) is 7.19. The number of hydrogen-bond acceptors (Lipinski definition) is 3. The van der Waals surface area contributed by atoms with Crippen LogP contribution in [0.1, 0.15) is 34.4 Å². The molecule has 0 radical (unpaired) electrons. The molecule has 0 aliphatic rings. The highest BCUT2D eigenvalue weighted by Gasteiger charge is 2.09. The molecule has 2 aromatic carbocycles. The molecule has 2 aromatic heterocycles. The minimum Gasteiger partial charge on any atom is -0.455 e. The topological polar surface area (TPSA) is 59.5 Å². The number of hydrazone groups is 1. The van der Waals surface area contributed by atoms with Crippen LogP contribution in [0.2, 0.25) is 0 Å². The molecule has 0 bridgehead atoms. The Morgan fingerprint density at radius 1 is 0.964 bits per heavy atom. The molecule has 4 aromatic rings. The van der Waals surface area contributed by atoms with Gasteiger partial charge < -0.3 is 8.98 Å². The highest BCUT2D eigenvalue weighted by molar-refractivity contribution is 6.01. The summed E-state index contributed by atoms with van der Waals surface area (Å²) >= 11 is 0. The molecule has 0 atom stereocenters. The predicted octanol–water partition coefficient (Wildman–Crippen LogP) is 4.99. The largest absolute Gasteiger partial charge is 0.455 e. The van der Waals surface area contributed by atoms with Gasteiger partial charge in [0.05, 0.1) is 0 Å². The molecule has 4 rings (SSSR count). The van der Waals surface area contributed by atoms with Gasteiger partial charge in [-0.1, -0.05) is 18.2 Å². The van der Waals surface area contributed by atoms with Crippen LogP contribution < -0.4 is 5.43 Å². The average Bonchev–Trinajstić information content (AvgIpc) is 3.29. The van der Waals surface area contributed by atoms with Gasteiger partial charge in [0.2, 0.25) is 0 Å². The Morgan fingerprint density at radius 3 is 2.32 bits per heavy atom. The number of nitrogens with zero attached hydrogens (tertiary/aromatic N) is 2. The fourth-order valence-electron chi connectivity index (χ4n) is 3.25. The smallest absolute Gasteiger partial charge is 0.271 e. The minimum atomic E-state index is -0.261. The van der Waals surface area contributed by atoms with Crippen molar-refractivity contribution < 1.29 is 9.21 Å². The van der Waals surface area contributed by atoms with Crippen molar-refractivity contribution in [1.29, 1.82) is 0 Å². The second-order valence-electron chi connectivity index (χ2n) is 6.78. The first-order valence-electron chi connectivity index (χ1n) is 9.12. The molecule has 28 heavy (non-hydrogen) atoms. The van der Waals surface area contributed by atoms with Crippen LogP contribution in [0, 0.1) is 13.8 Å². The van der Waals surface area contributed by atoms with Crippen molar-refractivity contribution in [3.63, 3.8) is 0 Å². The molecule has 1 N–H and O–H groups in total. The number of fused-ring (bicyclic) bond motifs is 1. The van der Waals surface area contributed by atoms with E-state index in [0.29, 0.717) is 17.0 Å². The van der Waals surface area contributed by atoms with Crippen molar-refractivity contribution in [1.82, 2.24) is 9.99 Å². The van der Waals surface area contributed by atoms with E-state index in [2.05, 4.69) is 41.1 Å².